The van der Waals surface area contributed by atoms with Crippen LogP contribution in [0.15, 0.2) is 20.1 Å². The number of thioether (sulfide) groups is 1. The number of hydrogen-bond donors (Lipinski definition) is 4. The Bertz CT molecular complexity index is 1170. The van der Waals surface area contributed by atoms with Gasteiger partial charge in [0.2, 0.25) is 11.2 Å². The van der Waals surface area contributed by atoms with Gasteiger partial charge in [-0.15, -0.1) is 15.1 Å². The molecule has 2 unspecified atom stereocenters. The van der Waals surface area contributed by atoms with Crippen molar-refractivity contribution in [1.82, 2.24) is 25.4 Å². The zero-order chi connectivity index (χ0) is 23.2. The predicted octanol–water partition coefficient (Wildman–Crippen LogP) is 1.20. The third-order valence-corrected chi connectivity index (χ3v) is 7.83. The van der Waals surface area contributed by atoms with Crippen LogP contribution < -0.4 is 16.8 Å². The number of carbonyl (C=O) groups excluding carboxylic acids is 2. The van der Waals surface area contributed by atoms with Gasteiger partial charge in [0.1, 0.15) is 21.8 Å². The number of carbonyl (C=O) groups is 3. The Morgan fingerprint density at radius 2 is 2.06 bits per heavy atom. The first-order valence-corrected chi connectivity index (χ1v) is 11.6. The number of aromatic nitrogens is 3. The fraction of sp³-hybridized carbons (Fsp3) is 0.333. The Morgan fingerprint density at radius 3 is 2.62 bits per heavy atom. The number of nitrogens with zero attached hydrogens (tertiary/aromatic N) is 5. The summed E-state index contributed by atoms with van der Waals surface area (Å²) < 4.78 is 0.489. The molecule has 17 heteroatoms. The summed E-state index contributed by atoms with van der Waals surface area (Å²) >= 11 is 9.02. The number of carboxylic acids is 1. The first-order chi connectivity index (χ1) is 15.2. The first kappa shape index (κ1) is 22.4. The maximum atomic E-state index is 12.8. The topological polar surface area (TPSA) is 207 Å². The van der Waals surface area contributed by atoms with Crippen molar-refractivity contribution in [3.63, 3.8) is 0 Å². The number of amides is 2. The number of thiazole rings is 1. The molecule has 13 nitrogen and oxygen atoms in total. The molecule has 4 heterocycles. The fourth-order valence-corrected chi connectivity index (χ4v) is 6.28. The standard InChI is InChI=1S/C15H13ClN8O5S3/c16-9-6(20-13(17)31-9)7(23-29)10(25)19-5-3-1-2-4(30-15-22-21-14(18)32-15)8(12(27)28)24(3)11(5)26/h3,5,7H,1-2H2,(H2,17,20)(H2,18,21)(H,19,25)(H,27,28)/t3?,5-,7?/m0/s1. The lowest BCUT2D eigenvalue weighted by Gasteiger charge is -2.50. The van der Waals surface area contributed by atoms with Crippen molar-refractivity contribution in [3.05, 3.63) is 25.5 Å². The number of anilines is 2. The van der Waals surface area contributed by atoms with Gasteiger partial charge in [-0.25, -0.2) is 9.78 Å². The summed E-state index contributed by atoms with van der Waals surface area (Å²) in [5.41, 5.74) is 10.8. The number of nitrogens with one attached hydrogen (secondary N) is 1. The van der Waals surface area contributed by atoms with Crippen LogP contribution in [0.25, 0.3) is 0 Å². The molecule has 32 heavy (non-hydrogen) atoms. The van der Waals surface area contributed by atoms with Crippen LogP contribution >= 0.6 is 46.0 Å². The summed E-state index contributed by atoms with van der Waals surface area (Å²) in [4.78, 5) is 54.0. The van der Waals surface area contributed by atoms with Gasteiger partial charge in [0.25, 0.3) is 11.8 Å². The van der Waals surface area contributed by atoms with Gasteiger partial charge in [0, 0.05) is 4.91 Å². The normalized spacial score (nSPS) is 21.0. The number of nitroso groups, excluding NO2 is 1. The number of β-lactam (4-membered cyclic amide) rings is 1. The number of hydrogen-bond acceptors (Lipinski definition) is 13. The highest BCUT2D eigenvalue weighted by Gasteiger charge is 2.54. The number of fused-ring (bicyclic) bond motifs is 1. The van der Waals surface area contributed by atoms with Crippen LogP contribution in [-0.2, 0) is 14.4 Å². The number of halogens is 1. The SMILES string of the molecule is Nc1nnc(SC2=C(C(=O)O)N3C(=O)[C@@H](NC(=O)C(N=O)c4nc(N)sc4Cl)C3CC2)s1. The molecule has 0 aromatic carbocycles. The predicted molar refractivity (Wildman–Crippen MR) is 117 cm³/mol. The highest BCUT2D eigenvalue weighted by atomic mass is 35.5. The highest BCUT2D eigenvalue weighted by Crippen LogP contribution is 2.44. The van der Waals surface area contributed by atoms with Gasteiger partial charge in [0.05, 0.1) is 6.04 Å². The molecule has 0 spiro atoms. The monoisotopic (exact) mass is 516 g/mol. The molecule has 2 aliphatic heterocycles. The van der Waals surface area contributed by atoms with E-state index in [2.05, 4.69) is 25.7 Å². The summed E-state index contributed by atoms with van der Waals surface area (Å²) in [7, 11) is 0. The number of nitrogens with two attached hydrogens (primary N) is 2. The quantitative estimate of drug-likeness (QED) is 0.303. The second-order valence-corrected chi connectivity index (χ2v) is 10.6. The van der Waals surface area contributed by atoms with Crippen molar-refractivity contribution in [1.29, 1.82) is 0 Å². The average molecular weight is 517 g/mol. The summed E-state index contributed by atoms with van der Waals surface area (Å²) in [5, 5.41) is 22.8. The third-order valence-electron chi connectivity index (χ3n) is 4.76. The second-order valence-electron chi connectivity index (χ2n) is 6.60. The second kappa shape index (κ2) is 8.61. The molecule has 0 saturated carbocycles. The van der Waals surface area contributed by atoms with Crippen LogP contribution in [0.1, 0.15) is 24.6 Å². The van der Waals surface area contributed by atoms with Gasteiger partial charge in [-0.2, -0.15) is 0 Å². The highest BCUT2D eigenvalue weighted by molar-refractivity contribution is 8.04. The van der Waals surface area contributed by atoms with E-state index in [4.69, 9.17) is 23.1 Å². The summed E-state index contributed by atoms with van der Waals surface area (Å²) in [6, 6.07) is -3.20. The fourth-order valence-electron chi connectivity index (χ4n) is 3.45. The molecule has 168 valence electrons. The maximum absolute atomic E-state index is 12.8. The van der Waals surface area contributed by atoms with Gasteiger partial charge in [0.15, 0.2) is 9.47 Å². The van der Waals surface area contributed by atoms with Gasteiger partial charge in [-0.05, 0) is 18.0 Å². The lowest BCUT2D eigenvalue weighted by atomic mass is 9.86. The molecular formula is C15H13ClN8O5S3. The van der Waals surface area contributed by atoms with Crippen molar-refractivity contribution in [3.8, 4) is 0 Å². The molecule has 1 fully saturated rings. The Balaban J connectivity index is 1.52. The molecular weight excluding hydrogens is 504 g/mol. The number of carboxylic acid groups (broad SMARTS) is 1. The van der Waals surface area contributed by atoms with E-state index in [1.165, 1.54) is 0 Å². The molecule has 4 rings (SSSR count). The number of aliphatic carboxylic acids is 1. The van der Waals surface area contributed by atoms with E-state index < -0.39 is 35.9 Å². The minimum Gasteiger partial charge on any atom is -0.477 e. The van der Waals surface area contributed by atoms with Gasteiger partial charge >= 0.3 is 5.97 Å². The third kappa shape index (κ3) is 3.89. The van der Waals surface area contributed by atoms with Crippen LogP contribution in [0, 0.1) is 4.91 Å². The van der Waals surface area contributed by atoms with E-state index in [9.17, 15) is 24.4 Å². The summed E-state index contributed by atoms with van der Waals surface area (Å²) in [6.07, 6.45) is 0.712. The molecule has 1 saturated heterocycles. The average Bonchev–Trinajstić information content (AvgIpc) is 3.30. The Kier molecular flexibility index (Phi) is 6.02. The van der Waals surface area contributed by atoms with E-state index in [-0.39, 0.29) is 26.0 Å². The van der Waals surface area contributed by atoms with Crippen LogP contribution in [0.2, 0.25) is 4.34 Å². The number of nitrogen functional groups attached to an aromatic ring is 2. The van der Waals surface area contributed by atoms with E-state index >= 15 is 0 Å². The van der Waals surface area contributed by atoms with Crippen molar-refractivity contribution in [2.75, 3.05) is 11.5 Å². The molecule has 0 bridgehead atoms. The van der Waals surface area contributed by atoms with Crippen LogP contribution in [0.4, 0.5) is 10.3 Å². The zero-order valence-electron chi connectivity index (χ0n) is 15.7. The summed E-state index contributed by atoms with van der Waals surface area (Å²) in [5.74, 6) is -2.79. The minimum absolute atomic E-state index is 0.0385. The Labute approximate surface area is 196 Å². The molecule has 3 atom stereocenters. The smallest absolute Gasteiger partial charge is 0.353 e. The van der Waals surface area contributed by atoms with Crippen molar-refractivity contribution < 1.29 is 19.5 Å². The van der Waals surface area contributed by atoms with E-state index in [0.717, 1.165) is 39.3 Å². The Morgan fingerprint density at radius 1 is 1.31 bits per heavy atom. The maximum Gasteiger partial charge on any atom is 0.353 e. The van der Waals surface area contributed by atoms with Gasteiger partial charge < -0.3 is 21.9 Å². The van der Waals surface area contributed by atoms with Gasteiger partial charge in [-0.1, -0.05) is 46.0 Å². The molecule has 0 aliphatic carbocycles. The van der Waals surface area contributed by atoms with Crippen molar-refractivity contribution in [2.45, 2.75) is 35.3 Å². The number of allylic oxidation sites excluding steroid dienone is 1. The van der Waals surface area contributed by atoms with Gasteiger partial charge in [-0.3, -0.25) is 14.5 Å². The molecule has 6 N–H and O–H groups in total. The Hall–Kier alpha value is -2.82. The van der Waals surface area contributed by atoms with E-state index in [1.807, 2.05) is 0 Å². The largest absolute Gasteiger partial charge is 0.477 e. The lowest BCUT2D eigenvalue weighted by molar-refractivity contribution is -0.156. The molecule has 2 amide bonds. The molecule has 2 aliphatic rings. The van der Waals surface area contributed by atoms with E-state index in [0.29, 0.717) is 22.1 Å². The molecule has 2 aromatic heterocycles. The zero-order valence-corrected chi connectivity index (χ0v) is 18.9. The number of rotatable bonds is 7. The lowest BCUT2D eigenvalue weighted by Crippen LogP contribution is -2.71. The van der Waals surface area contributed by atoms with Crippen LogP contribution in [0.3, 0.4) is 0 Å². The van der Waals surface area contributed by atoms with Crippen LogP contribution in [0.5, 0.6) is 0 Å². The van der Waals surface area contributed by atoms with E-state index in [1.54, 1.807) is 0 Å². The minimum atomic E-state index is -1.59. The van der Waals surface area contributed by atoms with Crippen molar-refractivity contribution in [2.24, 2.45) is 5.18 Å². The van der Waals surface area contributed by atoms with Crippen LogP contribution in [-0.4, -0.2) is 55.1 Å². The molecule has 0 radical (unpaired) electrons. The molecule has 2 aromatic rings. The first-order valence-electron chi connectivity index (χ1n) is 8.82. The van der Waals surface area contributed by atoms with Crippen molar-refractivity contribution >= 4 is 74.1 Å². The summed E-state index contributed by atoms with van der Waals surface area (Å²) in [6.45, 7) is 0.